The molecule has 0 fully saturated rings. The molecule has 0 aliphatic heterocycles. The van der Waals surface area contributed by atoms with E-state index in [1.807, 2.05) is 0 Å². The van der Waals surface area contributed by atoms with Crippen molar-refractivity contribution in [2.75, 3.05) is 19.0 Å². The maximum Gasteiger partial charge on any atom is 0.434 e. The normalized spacial score (nSPS) is 11.2. The van der Waals surface area contributed by atoms with Gasteiger partial charge < -0.3 is 14.8 Å². The van der Waals surface area contributed by atoms with Crippen LogP contribution >= 0.6 is 0 Å². The molecule has 0 aliphatic carbocycles. The number of hydrogen-bond donors (Lipinski definition) is 1. The largest absolute Gasteiger partial charge is 0.497 e. The van der Waals surface area contributed by atoms with Crippen LogP contribution in [0.1, 0.15) is 28.5 Å². The van der Waals surface area contributed by atoms with Crippen molar-refractivity contribution in [2.24, 2.45) is 0 Å². The zero-order chi connectivity index (χ0) is 23.3. The lowest BCUT2D eigenvalue weighted by Crippen LogP contribution is -2.18. The summed E-state index contributed by atoms with van der Waals surface area (Å²) in [5.41, 5.74) is -0.691. The summed E-state index contributed by atoms with van der Waals surface area (Å²) in [6.45, 7) is 1.43. The Morgan fingerprint density at radius 3 is 2.47 bits per heavy atom. The molecule has 0 atom stereocenters. The van der Waals surface area contributed by atoms with E-state index < -0.39 is 23.4 Å². The van der Waals surface area contributed by atoms with E-state index in [-0.39, 0.29) is 24.6 Å². The van der Waals surface area contributed by atoms with Crippen LogP contribution in [0.3, 0.4) is 0 Å². The average molecular weight is 447 g/mol. The van der Waals surface area contributed by atoms with Gasteiger partial charge in [0, 0.05) is 5.69 Å². The number of methoxy groups -OCH3 is 1. The van der Waals surface area contributed by atoms with Crippen molar-refractivity contribution < 1.29 is 32.2 Å². The molecule has 3 aromatic rings. The second-order valence-electron chi connectivity index (χ2n) is 6.66. The van der Waals surface area contributed by atoms with Crippen molar-refractivity contribution in [3.8, 4) is 11.4 Å². The highest BCUT2D eigenvalue weighted by Crippen LogP contribution is 2.34. The van der Waals surface area contributed by atoms with Gasteiger partial charge in [-0.3, -0.25) is 4.79 Å². The van der Waals surface area contributed by atoms with Crippen molar-refractivity contribution in [1.29, 1.82) is 0 Å². The van der Waals surface area contributed by atoms with Gasteiger partial charge in [0.25, 0.3) is 0 Å². The minimum atomic E-state index is -4.83. The Bertz CT molecular complexity index is 1110. The number of anilines is 1. The van der Waals surface area contributed by atoms with Crippen molar-refractivity contribution in [3.05, 3.63) is 71.5 Å². The molecule has 0 bridgehead atoms. The fraction of sp³-hybridized carbons (Fsp3) is 0.227. The molecule has 1 N–H and O–H groups in total. The third-order valence-corrected chi connectivity index (χ3v) is 4.43. The minimum Gasteiger partial charge on any atom is -0.497 e. The van der Waals surface area contributed by atoms with E-state index in [1.54, 1.807) is 24.3 Å². The molecular weight excluding hydrogens is 427 g/mol. The number of alkyl halides is 3. The van der Waals surface area contributed by atoms with Gasteiger partial charge in [-0.05, 0) is 48.9 Å². The third-order valence-electron chi connectivity index (χ3n) is 4.43. The zero-order valence-electron chi connectivity index (χ0n) is 17.3. The number of hydrogen-bond acceptors (Lipinski definition) is 5. The van der Waals surface area contributed by atoms with E-state index in [0.717, 1.165) is 11.8 Å². The van der Waals surface area contributed by atoms with E-state index in [4.69, 9.17) is 9.47 Å². The van der Waals surface area contributed by atoms with Crippen molar-refractivity contribution in [1.82, 2.24) is 9.78 Å². The summed E-state index contributed by atoms with van der Waals surface area (Å²) >= 11 is 0. The highest BCUT2D eigenvalue weighted by atomic mass is 19.4. The number of benzene rings is 2. The average Bonchev–Trinajstić information content (AvgIpc) is 3.20. The molecule has 0 radical (unpaired) electrons. The quantitative estimate of drug-likeness (QED) is 0.548. The van der Waals surface area contributed by atoms with Crippen LogP contribution in [0.4, 0.5) is 18.9 Å². The molecule has 1 heterocycles. The first-order valence-corrected chi connectivity index (χ1v) is 9.58. The molecule has 7 nitrogen and oxygen atoms in total. The highest BCUT2D eigenvalue weighted by Gasteiger charge is 2.41. The molecule has 0 spiro atoms. The second kappa shape index (κ2) is 9.54. The third kappa shape index (κ3) is 5.26. The Kier molecular flexibility index (Phi) is 6.82. The van der Waals surface area contributed by atoms with Crippen molar-refractivity contribution in [3.63, 3.8) is 0 Å². The lowest BCUT2D eigenvalue weighted by molar-refractivity contribution is -0.143. The Morgan fingerprint density at radius 2 is 1.84 bits per heavy atom. The van der Waals surface area contributed by atoms with Gasteiger partial charge in [0.1, 0.15) is 11.3 Å². The summed E-state index contributed by atoms with van der Waals surface area (Å²) in [4.78, 5) is 24.2. The van der Waals surface area contributed by atoms with Crippen LogP contribution in [-0.2, 0) is 22.1 Å². The summed E-state index contributed by atoms with van der Waals surface area (Å²) in [5, 5.41) is 6.40. The molecule has 3 rings (SSSR count). The standard InChI is InChI=1S/C22H20F3N3O4/c1-3-32-21(30)18-13-26-28(20(18)22(23,24)25)16-9-7-15(8-10-16)27-19(29)12-14-5-4-6-17(11-14)31-2/h4-11,13H,3,12H2,1-2H3,(H,27,29). The molecule has 1 amide bonds. The highest BCUT2D eigenvalue weighted by molar-refractivity contribution is 5.92. The topological polar surface area (TPSA) is 82.5 Å². The number of carbonyl (C=O) groups is 2. The van der Waals surface area contributed by atoms with Crippen molar-refractivity contribution >= 4 is 17.6 Å². The molecule has 10 heteroatoms. The molecule has 0 aliphatic rings. The van der Waals surface area contributed by atoms with Gasteiger partial charge in [0.15, 0.2) is 5.69 Å². The van der Waals surface area contributed by atoms with Crippen LogP contribution in [0.5, 0.6) is 5.75 Å². The SMILES string of the molecule is CCOC(=O)c1cnn(-c2ccc(NC(=O)Cc3cccc(OC)c3)cc2)c1C(F)(F)F. The fourth-order valence-corrected chi connectivity index (χ4v) is 3.03. The van der Waals surface area contributed by atoms with E-state index in [9.17, 15) is 22.8 Å². The molecule has 168 valence electrons. The summed E-state index contributed by atoms with van der Waals surface area (Å²) in [7, 11) is 1.53. The predicted molar refractivity (Wildman–Crippen MR) is 110 cm³/mol. The smallest absolute Gasteiger partial charge is 0.434 e. The van der Waals surface area contributed by atoms with Gasteiger partial charge in [0.05, 0.1) is 32.0 Å². The van der Waals surface area contributed by atoms with Crippen LogP contribution in [-0.4, -0.2) is 35.4 Å². The van der Waals surface area contributed by atoms with Crippen LogP contribution in [0.25, 0.3) is 5.69 Å². The fourth-order valence-electron chi connectivity index (χ4n) is 3.03. The predicted octanol–water partition coefficient (Wildman–Crippen LogP) is 4.26. The molecule has 32 heavy (non-hydrogen) atoms. The number of halogens is 3. The summed E-state index contributed by atoms with van der Waals surface area (Å²) in [5.74, 6) is -0.778. The lowest BCUT2D eigenvalue weighted by atomic mass is 10.1. The van der Waals surface area contributed by atoms with Gasteiger partial charge in [-0.1, -0.05) is 12.1 Å². The number of ether oxygens (including phenoxy) is 2. The van der Waals surface area contributed by atoms with Gasteiger partial charge in [-0.2, -0.15) is 18.3 Å². The van der Waals surface area contributed by atoms with E-state index in [2.05, 4.69) is 10.4 Å². The lowest BCUT2D eigenvalue weighted by Gasteiger charge is -2.13. The summed E-state index contributed by atoms with van der Waals surface area (Å²) in [6, 6.07) is 12.7. The van der Waals surface area contributed by atoms with Crippen molar-refractivity contribution in [2.45, 2.75) is 19.5 Å². The maximum atomic E-state index is 13.6. The number of rotatable bonds is 7. The van der Waals surface area contributed by atoms with Gasteiger partial charge in [-0.15, -0.1) is 0 Å². The number of aromatic nitrogens is 2. The number of nitrogens with one attached hydrogen (secondary N) is 1. The molecule has 0 saturated heterocycles. The number of nitrogens with zero attached hydrogens (tertiary/aromatic N) is 2. The zero-order valence-corrected chi connectivity index (χ0v) is 17.3. The Hall–Kier alpha value is -3.82. The van der Waals surface area contributed by atoms with Gasteiger partial charge in [0.2, 0.25) is 5.91 Å². The van der Waals surface area contributed by atoms with Crippen LogP contribution < -0.4 is 10.1 Å². The first kappa shape index (κ1) is 22.9. The Balaban J connectivity index is 1.78. The summed E-state index contributed by atoms with van der Waals surface area (Å²) < 4.78 is 51.3. The molecule has 0 unspecified atom stereocenters. The first-order chi connectivity index (χ1) is 15.2. The first-order valence-electron chi connectivity index (χ1n) is 9.58. The van der Waals surface area contributed by atoms with E-state index in [1.165, 1.54) is 38.3 Å². The second-order valence-corrected chi connectivity index (χ2v) is 6.66. The maximum absolute atomic E-state index is 13.6. The van der Waals surface area contributed by atoms with Gasteiger partial charge in [-0.25, -0.2) is 9.48 Å². The summed E-state index contributed by atoms with van der Waals surface area (Å²) in [6.07, 6.45) is -3.91. The molecule has 0 saturated carbocycles. The van der Waals surface area contributed by atoms with Crippen LogP contribution in [0.15, 0.2) is 54.7 Å². The molecule has 2 aromatic carbocycles. The minimum absolute atomic E-state index is 0.0640. The van der Waals surface area contributed by atoms with E-state index in [0.29, 0.717) is 16.1 Å². The number of carbonyl (C=O) groups excluding carboxylic acids is 2. The van der Waals surface area contributed by atoms with Crippen LogP contribution in [0, 0.1) is 0 Å². The molecule has 1 aromatic heterocycles. The van der Waals surface area contributed by atoms with Crippen LogP contribution in [0.2, 0.25) is 0 Å². The molecular formula is C22H20F3N3O4. The van der Waals surface area contributed by atoms with Gasteiger partial charge >= 0.3 is 12.1 Å². The Labute approximate surface area is 181 Å². The monoisotopic (exact) mass is 447 g/mol. The Morgan fingerprint density at radius 1 is 1.12 bits per heavy atom. The number of amides is 1. The van der Waals surface area contributed by atoms with E-state index >= 15 is 0 Å². The number of esters is 1.